The molecule has 21 heavy (non-hydrogen) atoms. The van der Waals surface area contributed by atoms with Crippen molar-refractivity contribution in [1.82, 2.24) is 9.03 Å². The minimum absolute atomic E-state index is 0.0896. The van der Waals surface area contributed by atoms with Gasteiger partial charge in [-0.25, -0.2) is 8.78 Å². The third-order valence-corrected chi connectivity index (χ3v) is 4.23. The molecule has 0 aliphatic carbocycles. The molecular weight excluding hydrogens is 306 g/mol. The van der Waals surface area contributed by atoms with Crippen LogP contribution in [0.1, 0.15) is 12.0 Å². The Hall–Kier alpha value is -1.58. The Balaban J connectivity index is 2.63. The van der Waals surface area contributed by atoms with Crippen LogP contribution >= 0.6 is 0 Å². The zero-order chi connectivity index (χ0) is 16.0. The highest BCUT2D eigenvalue weighted by atomic mass is 32.2. The molecule has 0 saturated heterocycles. The van der Waals surface area contributed by atoms with Crippen molar-refractivity contribution in [1.29, 1.82) is 0 Å². The van der Waals surface area contributed by atoms with Crippen molar-refractivity contribution in [3.8, 4) is 0 Å². The van der Waals surface area contributed by atoms with Gasteiger partial charge in [-0.05, 0) is 18.2 Å². The minimum Gasteiger partial charge on any atom is -0.469 e. The number of ether oxygens (including phenoxy) is 1. The molecule has 0 aliphatic rings. The predicted octanol–water partition coefficient (Wildman–Crippen LogP) is 0.794. The molecule has 0 aromatic heterocycles. The zero-order valence-corrected chi connectivity index (χ0v) is 12.4. The van der Waals surface area contributed by atoms with E-state index in [1.165, 1.54) is 14.2 Å². The van der Waals surface area contributed by atoms with Crippen LogP contribution in [-0.4, -0.2) is 39.4 Å². The molecule has 0 radical (unpaired) electrons. The van der Waals surface area contributed by atoms with Gasteiger partial charge in [0.05, 0.1) is 13.5 Å². The van der Waals surface area contributed by atoms with Gasteiger partial charge in [-0.1, -0.05) is 0 Å². The number of hydrogen-bond acceptors (Lipinski definition) is 4. The summed E-state index contributed by atoms with van der Waals surface area (Å²) >= 11 is 0. The van der Waals surface area contributed by atoms with Gasteiger partial charge in [-0.15, -0.1) is 0 Å². The summed E-state index contributed by atoms with van der Waals surface area (Å²) in [4.78, 5) is 10.9. The SMILES string of the molecule is COC(=O)CCN(C)S(=O)(=O)NCc1cc(F)ccc1F. The van der Waals surface area contributed by atoms with E-state index in [-0.39, 0.29) is 18.5 Å². The number of methoxy groups -OCH3 is 1. The van der Waals surface area contributed by atoms with Crippen LogP contribution in [0.15, 0.2) is 18.2 Å². The molecule has 0 fully saturated rings. The molecule has 0 heterocycles. The number of esters is 1. The van der Waals surface area contributed by atoms with Crippen LogP contribution in [-0.2, 0) is 26.3 Å². The smallest absolute Gasteiger partial charge is 0.306 e. The molecular formula is C12H16F2N2O4S. The standard InChI is InChI=1S/C12H16F2N2O4S/c1-16(6-5-12(17)20-2)21(18,19)15-8-9-7-10(13)3-4-11(9)14/h3-4,7,15H,5-6,8H2,1-2H3. The van der Waals surface area contributed by atoms with Crippen LogP contribution in [0.25, 0.3) is 0 Å². The summed E-state index contributed by atoms with van der Waals surface area (Å²) in [7, 11) is -1.45. The van der Waals surface area contributed by atoms with Gasteiger partial charge in [0.25, 0.3) is 10.2 Å². The topological polar surface area (TPSA) is 75.7 Å². The molecule has 0 unspecified atom stereocenters. The third-order valence-electron chi connectivity index (χ3n) is 2.72. The van der Waals surface area contributed by atoms with Crippen molar-refractivity contribution in [2.45, 2.75) is 13.0 Å². The number of benzene rings is 1. The van der Waals surface area contributed by atoms with Gasteiger partial charge in [-0.2, -0.15) is 17.4 Å². The van der Waals surface area contributed by atoms with Gasteiger partial charge in [0.1, 0.15) is 11.6 Å². The van der Waals surface area contributed by atoms with Crippen molar-refractivity contribution >= 4 is 16.2 Å². The molecule has 0 amide bonds. The van der Waals surface area contributed by atoms with Crippen LogP contribution in [0.3, 0.4) is 0 Å². The lowest BCUT2D eigenvalue weighted by atomic mass is 10.2. The first-order valence-electron chi connectivity index (χ1n) is 5.98. The van der Waals surface area contributed by atoms with Crippen molar-refractivity contribution in [2.24, 2.45) is 0 Å². The van der Waals surface area contributed by atoms with Crippen molar-refractivity contribution < 1.29 is 26.7 Å². The Labute approximate surface area is 121 Å². The summed E-state index contributed by atoms with van der Waals surface area (Å²) in [6.45, 7) is -0.484. The van der Waals surface area contributed by atoms with Gasteiger partial charge in [0, 0.05) is 25.7 Å². The quantitative estimate of drug-likeness (QED) is 0.753. The fourth-order valence-corrected chi connectivity index (χ4v) is 2.32. The first-order chi connectivity index (χ1) is 9.76. The lowest BCUT2D eigenvalue weighted by Crippen LogP contribution is -2.39. The fraction of sp³-hybridized carbons (Fsp3) is 0.417. The summed E-state index contributed by atoms with van der Waals surface area (Å²) in [6, 6.07) is 2.77. The van der Waals surface area contributed by atoms with E-state index < -0.39 is 34.4 Å². The first kappa shape index (κ1) is 17.5. The van der Waals surface area contributed by atoms with E-state index in [1.807, 2.05) is 0 Å². The van der Waals surface area contributed by atoms with Gasteiger partial charge < -0.3 is 4.74 Å². The Kier molecular flexibility index (Phi) is 6.19. The summed E-state index contributed by atoms with van der Waals surface area (Å²) in [5.74, 6) is -1.92. The molecule has 0 atom stereocenters. The van der Waals surface area contributed by atoms with Crippen molar-refractivity contribution in [3.63, 3.8) is 0 Å². The summed E-state index contributed by atoms with van der Waals surface area (Å²) in [6.07, 6.45) is -0.109. The average molecular weight is 322 g/mol. The maximum Gasteiger partial charge on any atom is 0.306 e. The van der Waals surface area contributed by atoms with Crippen LogP contribution in [0, 0.1) is 11.6 Å². The minimum atomic E-state index is -3.91. The predicted molar refractivity (Wildman–Crippen MR) is 71.4 cm³/mol. The van der Waals surface area contributed by atoms with E-state index in [1.54, 1.807) is 0 Å². The maximum absolute atomic E-state index is 13.4. The van der Waals surface area contributed by atoms with Crippen molar-refractivity contribution in [2.75, 3.05) is 20.7 Å². The highest BCUT2D eigenvalue weighted by molar-refractivity contribution is 7.87. The van der Waals surface area contributed by atoms with E-state index in [4.69, 9.17) is 0 Å². The molecule has 1 aromatic rings. The van der Waals surface area contributed by atoms with E-state index >= 15 is 0 Å². The summed E-state index contributed by atoms with van der Waals surface area (Å²) < 4.78 is 57.4. The maximum atomic E-state index is 13.4. The second-order valence-corrected chi connectivity index (χ2v) is 6.07. The molecule has 0 spiro atoms. The number of carbonyl (C=O) groups excluding carboxylic acids is 1. The molecule has 1 aromatic carbocycles. The number of halogens is 2. The Morgan fingerprint density at radius 3 is 2.67 bits per heavy atom. The number of nitrogens with one attached hydrogen (secondary N) is 1. The lowest BCUT2D eigenvalue weighted by molar-refractivity contribution is -0.140. The molecule has 1 N–H and O–H groups in total. The van der Waals surface area contributed by atoms with Gasteiger partial charge in [-0.3, -0.25) is 4.79 Å². The van der Waals surface area contributed by atoms with E-state index in [9.17, 15) is 22.0 Å². The largest absolute Gasteiger partial charge is 0.469 e. The fourth-order valence-electron chi connectivity index (χ4n) is 1.43. The van der Waals surface area contributed by atoms with Gasteiger partial charge in [0.15, 0.2) is 0 Å². The Morgan fingerprint density at radius 2 is 2.05 bits per heavy atom. The number of hydrogen-bond donors (Lipinski definition) is 1. The van der Waals surface area contributed by atoms with Gasteiger partial charge in [0.2, 0.25) is 0 Å². The second-order valence-electron chi connectivity index (χ2n) is 4.21. The summed E-state index contributed by atoms with van der Waals surface area (Å²) in [5.41, 5.74) is -0.111. The first-order valence-corrected chi connectivity index (χ1v) is 7.42. The molecule has 0 aliphatic heterocycles. The highest BCUT2D eigenvalue weighted by Crippen LogP contribution is 2.10. The third kappa shape index (κ3) is 5.37. The molecule has 6 nitrogen and oxygen atoms in total. The number of nitrogens with zero attached hydrogens (tertiary/aromatic N) is 1. The Bertz CT molecular complexity index is 607. The van der Waals surface area contributed by atoms with Crippen LogP contribution in [0.2, 0.25) is 0 Å². The van der Waals surface area contributed by atoms with Crippen molar-refractivity contribution in [3.05, 3.63) is 35.4 Å². The molecule has 1 rings (SSSR count). The van der Waals surface area contributed by atoms with E-state index in [2.05, 4.69) is 9.46 Å². The molecule has 0 bridgehead atoms. The van der Waals surface area contributed by atoms with Crippen LogP contribution in [0.5, 0.6) is 0 Å². The zero-order valence-electron chi connectivity index (χ0n) is 11.6. The summed E-state index contributed by atoms with van der Waals surface area (Å²) in [5, 5.41) is 0. The monoisotopic (exact) mass is 322 g/mol. The van der Waals surface area contributed by atoms with Crippen LogP contribution < -0.4 is 4.72 Å². The molecule has 118 valence electrons. The van der Waals surface area contributed by atoms with E-state index in [0.29, 0.717) is 0 Å². The van der Waals surface area contributed by atoms with Gasteiger partial charge >= 0.3 is 5.97 Å². The lowest BCUT2D eigenvalue weighted by Gasteiger charge is -2.17. The van der Waals surface area contributed by atoms with Crippen LogP contribution in [0.4, 0.5) is 8.78 Å². The average Bonchev–Trinajstić information content (AvgIpc) is 2.45. The normalized spacial score (nSPS) is 11.7. The second kappa shape index (κ2) is 7.43. The molecule has 9 heteroatoms. The molecule has 0 saturated carbocycles. The number of rotatable bonds is 7. The van der Waals surface area contributed by atoms with E-state index in [0.717, 1.165) is 22.5 Å². The number of carbonyl (C=O) groups is 1. The highest BCUT2D eigenvalue weighted by Gasteiger charge is 2.19. The Morgan fingerprint density at radius 1 is 1.38 bits per heavy atom.